The van der Waals surface area contributed by atoms with Crippen LogP contribution in [0.5, 0.6) is 0 Å². The van der Waals surface area contributed by atoms with Crippen molar-refractivity contribution in [1.29, 1.82) is 0 Å². The highest BCUT2D eigenvalue weighted by Gasteiger charge is 2.61. The fraction of sp³-hybridized carbons (Fsp3) is 0.944. The summed E-state index contributed by atoms with van der Waals surface area (Å²) in [5.74, 6) is 1.15. The molecule has 0 aromatic heterocycles. The second-order valence-corrected chi connectivity index (χ2v) is 8.84. The molecule has 1 spiro atoms. The topological polar surface area (TPSA) is 32.3 Å². The lowest BCUT2D eigenvalue weighted by Crippen LogP contribution is -2.50. The maximum atomic E-state index is 13.0. The van der Waals surface area contributed by atoms with Crippen molar-refractivity contribution in [2.24, 2.45) is 11.3 Å². The van der Waals surface area contributed by atoms with E-state index in [1.54, 1.807) is 0 Å². The van der Waals surface area contributed by atoms with Gasteiger partial charge in [0.2, 0.25) is 5.91 Å². The molecule has 3 heteroatoms. The summed E-state index contributed by atoms with van der Waals surface area (Å²) in [5, 5.41) is 3.78. The molecular weight excluding hydrogens is 260 g/mol. The molecule has 0 aromatic rings. The van der Waals surface area contributed by atoms with E-state index < -0.39 is 0 Å². The average Bonchev–Trinajstić information content (AvgIpc) is 2.90. The van der Waals surface area contributed by atoms with Gasteiger partial charge in [0.05, 0.1) is 11.7 Å². The zero-order valence-electron chi connectivity index (χ0n) is 13.7. The van der Waals surface area contributed by atoms with E-state index >= 15 is 0 Å². The molecule has 0 aromatic carbocycles. The first-order valence-corrected chi connectivity index (χ1v) is 9.11. The van der Waals surface area contributed by atoms with Crippen LogP contribution in [0.2, 0.25) is 0 Å². The number of amides is 1. The van der Waals surface area contributed by atoms with E-state index in [1.807, 2.05) is 0 Å². The number of hydrogen-bond donors (Lipinski definition) is 1. The lowest BCUT2D eigenvalue weighted by Gasteiger charge is -2.43. The Morgan fingerprint density at radius 2 is 1.76 bits per heavy atom. The number of carbonyl (C=O) groups excluding carboxylic acids is 1. The van der Waals surface area contributed by atoms with E-state index in [0.29, 0.717) is 29.4 Å². The van der Waals surface area contributed by atoms with Gasteiger partial charge in [-0.25, -0.2) is 0 Å². The summed E-state index contributed by atoms with van der Waals surface area (Å²) in [7, 11) is 0. The zero-order chi connectivity index (χ0) is 14.7. The standard InChI is InChI=1S/C18H30N2O/c1-17(2)9-5-8-14(12-17)20-15(13-6-3-4-7-13)19-18(10-11-18)16(20)21/h13-15,19H,3-12H2,1-2H3. The normalized spacial score (nSPS) is 38.4. The second kappa shape index (κ2) is 4.71. The molecule has 2 unspecified atom stereocenters. The molecular formula is C18H30N2O. The first-order chi connectivity index (χ1) is 10.0. The fourth-order valence-corrected chi connectivity index (χ4v) is 5.18. The van der Waals surface area contributed by atoms with Crippen LogP contribution in [0, 0.1) is 11.3 Å². The van der Waals surface area contributed by atoms with Crippen LogP contribution in [0.3, 0.4) is 0 Å². The minimum Gasteiger partial charge on any atom is -0.322 e. The Balaban J connectivity index is 1.58. The summed E-state index contributed by atoms with van der Waals surface area (Å²) in [6.07, 6.45) is 12.8. The molecule has 0 bridgehead atoms. The predicted molar refractivity (Wildman–Crippen MR) is 83.7 cm³/mol. The molecule has 0 radical (unpaired) electrons. The average molecular weight is 290 g/mol. The highest BCUT2D eigenvalue weighted by atomic mass is 16.2. The Hall–Kier alpha value is -0.570. The van der Waals surface area contributed by atoms with Gasteiger partial charge >= 0.3 is 0 Å². The predicted octanol–water partition coefficient (Wildman–Crippen LogP) is 3.44. The number of nitrogens with zero attached hydrogens (tertiary/aromatic N) is 1. The minimum atomic E-state index is -0.130. The minimum absolute atomic E-state index is 0.130. The van der Waals surface area contributed by atoms with Gasteiger partial charge in [0, 0.05) is 6.04 Å². The third-order valence-electron chi connectivity index (χ3n) is 6.54. The smallest absolute Gasteiger partial charge is 0.244 e. The Morgan fingerprint density at radius 1 is 1.05 bits per heavy atom. The van der Waals surface area contributed by atoms with E-state index in [1.165, 1.54) is 51.4 Å². The molecule has 3 saturated carbocycles. The van der Waals surface area contributed by atoms with Crippen molar-refractivity contribution >= 4 is 5.91 Å². The molecule has 3 aliphatic carbocycles. The van der Waals surface area contributed by atoms with Crippen molar-refractivity contribution in [3.63, 3.8) is 0 Å². The number of carbonyl (C=O) groups is 1. The molecule has 1 aliphatic heterocycles. The third-order valence-corrected chi connectivity index (χ3v) is 6.54. The molecule has 4 aliphatic rings. The summed E-state index contributed by atoms with van der Waals surface area (Å²) in [6.45, 7) is 4.76. The van der Waals surface area contributed by atoms with Gasteiger partial charge in [0.25, 0.3) is 0 Å². The number of rotatable bonds is 2. The lowest BCUT2D eigenvalue weighted by molar-refractivity contribution is -0.135. The van der Waals surface area contributed by atoms with Crippen molar-refractivity contribution in [3.8, 4) is 0 Å². The van der Waals surface area contributed by atoms with Gasteiger partial charge in [-0.05, 0) is 56.3 Å². The summed E-state index contributed by atoms with van der Waals surface area (Å²) >= 11 is 0. The van der Waals surface area contributed by atoms with Gasteiger partial charge < -0.3 is 4.90 Å². The first-order valence-electron chi connectivity index (χ1n) is 9.11. The summed E-state index contributed by atoms with van der Waals surface area (Å²) in [6, 6.07) is 0.485. The maximum Gasteiger partial charge on any atom is 0.244 e. The van der Waals surface area contributed by atoms with Gasteiger partial charge in [-0.3, -0.25) is 10.1 Å². The Bertz CT molecular complexity index is 434. The van der Waals surface area contributed by atoms with Crippen LogP contribution in [0.1, 0.15) is 78.1 Å². The summed E-state index contributed by atoms with van der Waals surface area (Å²) < 4.78 is 0. The van der Waals surface area contributed by atoms with Crippen molar-refractivity contribution in [2.45, 2.75) is 95.8 Å². The molecule has 4 fully saturated rings. The van der Waals surface area contributed by atoms with E-state index in [2.05, 4.69) is 24.1 Å². The zero-order valence-corrected chi connectivity index (χ0v) is 13.7. The van der Waals surface area contributed by atoms with Crippen LogP contribution in [-0.4, -0.2) is 28.6 Å². The van der Waals surface area contributed by atoms with Crippen molar-refractivity contribution in [2.75, 3.05) is 0 Å². The van der Waals surface area contributed by atoms with Crippen LogP contribution in [0.15, 0.2) is 0 Å². The van der Waals surface area contributed by atoms with Gasteiger partial charge in [-0.2, -0.15) is 0 Å². The number of nitrogens with one attached hydrogen (secondary N) is 1. The van der Waals surface area contributed by atoms with Gasteiger partial charge in [-0.15, -0.1) is 0 Å². The highest BCUT2D eigenvalue weighted by Crippen LogP contribution is 2.48. The maximum absolute atomic E-state index is 13.0. The van der Waals surface area contributed by atoms with Crippen molar-refractivity contribution in [1.82, 2.24) is 10.2 Å². The van der Waals surface area contributed by atoms with Crippen LogP contribution in [0.25, 0.3) is 0 Å². The summed E-state index contributed by atoms with van der Waals surface area (Å²) in [4.78, 5) is 15.4. The molecule has 1 N–H and O–H groups in total. The quantitative estimate of drug-likeness (QED) is 0.845. The van der Waals surface area contributed by atoms with Crippen LogP contribution in [-0.2, 0) is 4.79 Å². The lowest BCUT2D eigenvalue weighted by atomic mass is 9.74. The number of hydrogen-bond acceptors (Lipinski definition) is 2. The van der Waals surface area contributed by atoms with Crippen LogP contribution < -0.4 is 5.32 Å². The van der Waals surface area contributed by atoms with Crippen molar-refractivity contribution < 1.29 is 4.79 Å². The molecule has 118 valence electrons. The molecule has 1 heterocycles. The molecule has 1 amide bonds. The molecule has 21 heavy (non-hydrogen) atoms. The van der Waals surface area contributed by atoms with E-state index in [-0.39, 0.29) is 5.54 Å². The molecule has 1 saturated heterocycles. The largest absolute Gasteiger partial charge is 0.322 e. The van der Waals surface area contributed by atoms with E-state index in [4.69, 9.17) is 0 Å². The van der Waals surface area contributed by atoms with Gasteiger partial charge in [-0.1, -0.05) is 33.1 Å². The van der Waals surface area contributed by atoms with Gasteiger partial charge in [0.15, 0.2) is 0 Å². The van der Waals surface area contributed by atoms with Crippen LogP contribution in [0.4, 0.5) is 0 Å². The Kier molecular flexibility index (Phi) is 3.15. The van der Waals surface area contributed by atoms with E-state index in [9.17, 15) is 4.79 Å². The van der Waals surface area contributed by atoms with E-state index in [0.717, 1.165) is 12.8 Å². The van der Waals surface area contributed by atoms with Crippen LogP contribution >= 0.6 is 0 Å². The second-order valence-electron chi connectivity index (χ2n) is 8.84. The molecule has 4 rings (SSSR count). The summed E-state index contributed by atoms with van der Waals surface area (Å²) in [5.41, 5.74) is 0.275. The third kappa shape index (κ3) is 2.32. The van der Waals surface area contributed by atoms with Gasteiger partial charge in [0.1, 0.15) is 0 Å². The molecule has 2 atom stereocenters. The Labute approximate surface area is 128 Å². The monoisotopic (exact) mass is 290 g/mol. The first kappa shape index (κ1) is 14.0. The fourth-order valence-electron chi connectivity index (χ4n) is 5.18. The van der Waals surface area contributed by atoms with Crippen molar-refractivity contribution in [3.05, 3.63) is 0 Å². The molecule has 3 nitrogen and oxygen atoms in total. The highest BCUT2D eigenvalue weighted by molar-refractivity contribution is 5.92. The SMILES string of the molecule is CC1(C)CCCC(N2C(=O)C3(CC3)NC2C2CCCC2)C1. The Morgan fingerprint density at radius 3 is 2.38 bits per heavy atom.